The van der Waals surface area contributed by atoms with Crippen LogP contribution in [0.1, 0.15) is 31.9 Å². The van der Waals surface area contributed by atoms with Gasteiger partial charge >= 0.3 is 0 Å². The smallest absolute Gasteiger partial charge is 0.230 e. The number of amides is 1. The number of hydrogen-bond donors (Lipinski definition) is 1. The maximum Gasteiger partial charge on any atom is 0.230 e. The van der Waals surface area contributed by atoms with E-state index in [1.807, 2.05) is 54.8 Å². The van der Waals surface area contributed by atoms with Crippen LogP contribution in [0.2, 0.25) is 0 Å². The number of aromatic nitrogens is 1. The van der Waals surface area contributed by atoms with E-state index >= 15 is 0 Å². The summed E-state index contributed by atoms with van der Waals surface area (Å²) in [5, 5.41) is 5.92. The van der Waals surface area contributed by atoms with Crippen LogP contribution in [-0.4, -0.2) is 30.6 Å². The monoisotopic (exact) mass is 421 g/mol. The van der Waals surface area contributed by atoms with Gasteiger partial charge in [-0.1, -0.05) is 24.3 Å². The molecule has 1 N–H and O–H groups in total. The zero-order valence-electron chi connectivity index (χ0n) is 17.3. The molecule has 0 aliphatic carbocycles. The average Bonchev–Trinajstić information content (AvgIpc) is 3.23. The Morgan fingerprint density at radius 1 is 1.10 bits per heavy atom. The Morgan fingerprint density at radius 2 is 1.87 bits per heavy atom. The summed E-state index contributed by atoms with van der Waals surface area (Å²) in [7, 11) is 0. The Kier molecular flexibility index (Phi) is 6.64. The van der Waals surface area contributed by atoms with Gasteiger partial charge in [0.25, 0.3) is 0 Å². The van der Waals surface area contributed by atoms with E-state index in [1.54, 1.807) is 0 Å². The van der Waals surface area contributed by atoms with Crippen LogP contribution in [0, 0.1) is 0 Å². The van der Waals surface area contributed by atoms with Gasteiger partial charge in [-0.25, -0.2) is 4.98 Å². The molecule has 0 unspecified atom stereocenters. The zero-order valence-corrected chi connectivity index (χ0v) is 18.1. The molecule has 0 bridgehead atoms. The summed E-state index contributed by atoms with van der Waals surface area (Å²) in [6, 6.07) is 15.9. The van der Waals surface area contributed by atoms with Crippen molar-refractivity contribution in [1.82, 2.24) is 4.98 Å². The van der Waals surface area contributed by atoms with Crippen LogP contribution >= 0.6 is 11.3 Å². The molecule has 0 atom stereocenters. The molecule has 1 saturated heterocycles. The Morgan fingerprint density at radius 3 is 2.70 bits per heavy atom. The van der Waals surface area contributed by atoms with Gasteiger partial charge in [-0.05, 0) is 50.5 Å². The van der Waals surface area contributed by atoms with E-state index in [0.29, 0.717) is 6.61 Å². The molecular weight excluding hydrogens is 394 g/mol. The average molecular weight is 422 g/mol. The summed E-state index contributed by atoms with van der Waals surface area (Å²) in [6.45, 7) is 4.66. The van der Waals surface area contributed by atoms with Crippen LogP contribution in [0.15, 0.2) is 53.9 Å². The molecule has 1 amide bonds. The number of carbonyl (C=O) groups is 1. The van der Waals surface area contributed by atoms with Gasteiger partial charge in [0.05, 0.1) is 35.7 Å². The second-order valence-corrected chi connectivity index (χ2v) is 8.22. The molecular formula is C24H27N3O2S. The molecule has 5 nitrogen and oxygen atoms in total. The minimum absolute atomic E-state index is 0.0468. The first-order valence-electron chi connectivity index (χ1n) is 10.5. The van der Waals surface area contributed by atoms with Crippen LogP contribution in [0.25, 0.3) is 10.6 Å². The van der Waals surface area contributed by atoms with E-state index in [0.717, 1.165) is 46.5 Å². The molecule has 30 heavy (non-hydrogen) atoms. The Bertz CT molecular complexity index is 995. The lowest BCUT2D eigenvalue weighted by molar-refractivity contribution is -0.115. The predicted molar refractivity (Wildman–Crippen MR) is 124 cm³/mol. The molecule has 1 fully saturated rings. The van der Waals surface area contributed by atoms with E-state index in [4.69, 9.17) is 4.74 Å². The van der Waals surface area contributed by atoms with Gasteiger partial charge in [-0.3, -0.25) is 4.79 Å². The van der Waals surface area contributed by atoms with E-state index in [1.165, 1.54) is 30.6 Å². The maximum atomic E-state index is 12.7. The molecule has 2 heterocycles. The van der Waals surface area contributed by atoms with Crippen molar-refractivity contribution in [2.45, 2.75) is 32.6 Å². The van der Waals surface area contributed by atoms with E-state index in [9.17, 15) is 4.79 Å². The van der Waals surface area contributed by atoms with Crippen molar-refractivity contribution in [1.29, 1.82) is 0 Å². The maximum absolute atomic E-state index is 12.7. The number of hydrogen-bond acceptors (Lipinski definition) is 5. The number of nitrogens with zero attached hydrogens (tertiary/aromatic N) is 2. The molecule has 0 radical (unpaired) electrons. The highest BCUT2D eigenvalue weighted by Gasteiger charge is 2.17. The number of rotatable bonds is 7. The number of para-hydroxylation sites is 3. The normalized spacial score (nSPS) is 13.8. The van der Waals surface area contributed by atoms with Crippen LogP contribution in [0.3, 0.4) is 0 Å². The molecule has 1 aromatic heterocycles. The van der Waals surface area contributed by atoms with Gasteiger partial charge in [0.15, 0.2) is 0 Å². The number of piperidine rings is 1. The van der Waals surface area contributed by atoms with Gasteiger partial charge < -0.3 is 15.0 Å². The van der Waals surface area contributed by atoms with Gasteiger partial charge in [-0.15, -0.1) is 11.3 Å². The first-order chi connectivity index (χ1) is 14.7. The minimum Gasteiger partial charge on any atom is -0.493 e. The molecule has 156 valence electrons. The Balaban J connectivity index is 1.45. The third-order valence-corrected chi connectivity index (χ3v) is 6.11. The second-order valence-electron chi connectivity index (χ2n) is 7.36. The fourth-order valence-corrected chi connectivity index (χ4v) is 4.63. The quantitative estimate of drug-likeness (QED) is 0.556. The molecule has 0 spiro atoms. The highest BCUT2D eigenvalue weighted by molar-refractivity contribution is 7.13. The third kappa shape index (κ3) is 4.82. The lowest BCUT2D eigenvalue weighted by Crippen LogP contribution is -2.30. The standard InChI is InChI=1S/C24H27N3O2S/c1-2-29-22-13-7-4-10-19(22)24-25-18(17-30-24)16-23(28)26-20-11-5-6-12-21(20)27-14-8-3-9-15-27/h4-7,10-13,17H,2-3,8-9,14-16H2,1H3,(H,26,28). The van der Waals surface area contributed by atoms with Gasteiger partial charge in [0.2, 0.25) is 5.91 Å². The van der Waals surface area contributed by atoms with E-state index < -0.39 is 0 Å². The van der Waals surface area contributed by atoms with Crippen LogP contribution < -0.4 is 15.0 Å². The molecule has 1 aliphatic rings. The topological polar surface area (TPSA) is 54.5 Å². The van der Waals surface area contributed by atoms with Crippen molar-refractivity contribution in [2.24, 2.45) is 0 Å². The Labute approximate surface area is 181 Å². The lowest BCUT2D eigenvalue weighted by atomic mass is 10.1. The number of carbonyl (C=O) groups excluding carboxylic acids is 1. The fourth-order valence-electron chi connectivity index (χ4n) is 3.79. The fraction of sp³-hybridized carbons (Fsp3) is 0.333. The summed E-state index contributed by atoms with van der Waals surface area (Å²) in [5.74, 6) is 0.773. The van der Waals surface area contributed by atoms with Crippen LogP contribution in [0.4, 0.5) is 11.4 Å². The van der Waals surface area contributed by atoms with Crippen LogP contribution in [0.5, 0.6) is 5.75 Å². The van der Waals surface area contributed by atoms with Crippen molar-refractivity contribution in [3.05, 3.63) is 59.6 Å². The van der Waals surface area contributed by atoms with Crippen molar-refractivity contribution in [2.75, 3.05) is 29.9 Å². The lowest BCUT2D eigenvalue weighted by Gasteiger charge is -2.30. The van der Waals surface area contributed by atoms with E-state index in [2.05, 4.69) is 21.3 Å². The Hall–Kier alpha value is -2.86. The highest BCUT2D eigenvalue weighted by atomic mass is 32.1. The number of ether oxygens (including phenoxy) is 1. The van der Waals surface area contributed by atoms with Crippen molar-refractivity contribution < 1.29 is 9.53 Å². The summed E-state index contributed by atoms with van der Waals surface area (Å²) in [6.07, 6.45) is 3.94. The molecule has 4 rings (SSSR count). The summed E-state index contributed by atoms with van der Waals surface area (Å²) in [5.41, 5.74) is 3.72. The molecule has 3 aromatic rings. The minimum atomic E-state index is -0.0468. The second kappa shape index (κ2) is 9.76. The van der Waals surface area contributed by atoms with Crippen LogP contribution in [-0.2, 0) is 11.2 Å². The molecule has 2 aromatic carbocycles. The number of benzene rings is 2. The summed E-state index contributed by atoms with van der Waals surface area (Å²) in [4.78, 5) is 19.8. The van der Waals surface area contributed by atoms with Gasteiger partial charge in [0.1, 0.15) is 10.8 Å². The summed E-state index contributed by atoms with van der Waals surface area (Å²) >= 11 is 1.54. The summed E-state index contributed by atoms with van der Waals surface area (Å²) < 4.78 is 5.71. The first-order valence-corrected chi connectivity index (χ1v) is 11.4. The number of thiazole rings is 1. The van der Waals surface area contributed by atoms with Crippen molar-refractivity contribution >= 4 is 28.6 Å². The number of anilines is 2. The SMILES string of the molecule is CCOc1ccccc1-c1nc(CC(=O)Nc2ccccc2N2CCCCC2)cs1. The van der Waals surface area contributed by atoms with Crippen molar-refractivity contribution in [3.8, 4) is 16.3 Å². The first kappa shape index (κ1) is 20.4. The van der Waals surface area contributed by atoms with Gasteiger partial charge in [-0.2, -0.15) is 0 Å². The molecule has 0 saturated carbocycles. The van der Waals surface area contributed by atoms with Crippen molar-refractivity contribution in [3.63, 3.8) is 0 Å². The third-order valence-electron chi connectivity index (χ3n) is 5.19. The molecule has 6 heteroatoms. The predicted octanol–water partition coefficient (Wildman–Crippen LogP) is 5.38. The van der Waals surface area contributed by atoms with E-state index in [-0.39, 0.29) is 12.3 Å². The van der Waals surface area contributed by atoms with Gasteiger partial charge in [0, 0.05) is 18.5 Å². The highest BCUT2D eigenvalue weighted by Crippen LogP contribution is 2.32. The number of nitrogens with one attached hydrogen (secondary N) is 1. The zero-order chi connectivity index (χ0) is 20.8. The largest absolute Gasteiger partial charge is 0.493 e. The molecule has 1 aliphatic heterocycles.